The zero-order valence-electron chi connectivity index (χ0n) is 60.2. The van der Waals surface area contributed by atoms with E-state index in [0.717, 1.165) is 42.6 Å². The first kappa shape index (κ1) is 135. The van der Waals surface area contributed by atoms with E-state index < -0.39 is 5.97 Å². The molecule has 44 atom stereocenters. The minimum Gasteiger partial charge on any atom is -0.492 e. The van der Waals surface area contributed by atoms with Crippen molar-refractivity contribution >= 4 is 605 Å². The normalized spacial score (nSPS) is 14.3. The zero-order valence-corrected chi connectivity index (χ0v) is 136. The number of carboxylic acid groups (broad SMARTS) is 1. The van der Waals surface area contributed by atoms with E-state index >= 15 is 0 Å². The molecule has 3 aromatic heterocycles. The summed E-state index contributed by atoms with van der Waals surface area (Å²) in [6.07, 6.45) is 3.52. The highest BCUT2D eigenvalue weighted by atomic mass is 79.9. The molecule has 44 unspecified atom stereocenters. The Morgan fingerprint density at radius 3 is 0.867 bits per heavy atom. The van der Waals surface area contributed by atoms with Gasteiger partial charge in [0.2, 0.25) is 0 Å². The molecule has 2 aromatic carbocycles. The van der Waals surface area contributed by atoms with Gasteiger partial charge in [-0.2, -0.15) is 10.2 Å². The van der Waals surface area contributed by atoms with Gasteiger partial charge >= 0.3 is 5.97 Å². The van der Waals surface area contributed by atoms with Crippen LogP contribution in [0.3, 0.4) is 0 Å². The smallest absolute Gasteiger partial charge is 0.358 e. The molecule has 0 aliphatic rings. The molecule has 0 aliphatic heterocycles. The molecule has 0 fully saturated rings. The van der Waals surface area contributed by atoms with Crippen LogP contribution in [0.25, 0.3) is 33.6 Å². The molecule has 5 rings (SSSR count). The van der Waals surface area contributed by atoms with Gasteiger partial charge in [0.15, 0.2) is 23.0 Å². The lowest BCUT2D eigenvalue weighted by Crippen LogP contribution is -2.06. The predicted molar refractivity (Wildman–Crippen MR) is 763 cm³/mol. The van der Waals surface area contributed by atoms with E-state index in [9.17, 15) is 14.7 Å². The van der Waals surface area contributed by atoms with Crippen molar-refractivity contribution in [1.82, 2.24) is 24.5 Å². The van der Waals surface area contributed by atoms with E-state index in [-0.39, 0.29) is 248 Å². The van der Waals surface area contributed by atoms with Gasteiger partial charge in [-0.3, -0.25) is 19.1 Å². The number of aryl methyl sites for hydroxylation is 2. The van der Waals surface area contributed by atoms with Crippen molar-refractivity contribution in [2.75, 3.05) is 14.2 Å². The fourth-order valence-electron chi connectivity index (χ4n) is 8.38. The van der Waals surface area contributed by atoms with E-state index in [2.05, 4.69) is 361 Å². The highest BCUT2D eigenvalue weighted by Crippen LogP contribution is 3.44. The van der Waals surface area contributed by atoms with Crippen molar-refractivity contribution in [3.63, 3.8) is 0 Å². The third kappa shape index (κ3) is 45.2. The monoisotopic (exact) mass is 2920 g/mol. The number of pyridine rings is 1. The molecule has 0 saturated heterocycles. The summed E-state index contributed by atoms with van der Waals surface area (Å²) in [7, 11) is 132. The molecule has 0 amide bonds. The van der Waals surface area contributed by atoms with E-state index in [1.165, 1.54) is 18.7 Å². The van der Waals surface area contributed by atoms with Gasteiger partial charge in [0.25, 0.3) is 0 Å². The lowest BCUT2D eigenvalue weighted by molar-refractivity contribution is 0.0681. The average Bonchev–Trinajstić information content (AvgIpc) is 1.75. The lowest BCUT2D eigenvalue weighted by atomic mass is 10.0. The van der Waals surface area contributed by atoms with Gasteiger partial charge in [-0.15, -0.1) is 330 Å². The van der Waals surface area contributed by atoms with Crippen LogP contribution in [0.2, 0.25) is 0 Å². The Balaban J connectivity index is 0.000000529. The molecule has 10 nitrogen and oxygen atoms in total. The maximum absolute atomic E-state index is 11.6. The van der Waals surface area contributed by atoms with Crippen LogP contribution in [0.15, 0.2) is 77.5 Å². The second-order valence-corrected chi connectivity index (χ2v) is 310. The quantitative estimate of drug-likeness (QED) is 0.0304. The van der Waals surface area contributed by atoms with Gasteiger partial charge in [0.05, 0.1) is 14.2 Å². The summed E-state index contributed by atoms with van der Waals surface area (Å²) >= 11 is 3.39. The zero-order chi connectivity index (χ0) is 87.1. The van der Waals surface area contributed by atoms with Crippen LogP contribution in [-0.2, 0) is 14.1 Å². The number of ketones is 1. The number of benzene rings is 2. The third-order valence-electron chi connectivity index (χ3n) is 12.3. The standard InChI is InChI=1S/C17H15N3O3.C13H13BrN2O2.H41P39.H35P33/c1-20-15(17(21)22)16(23-2)14(19-20)12-7-5-11(6-8-12)13-4-3-9-18-10-13;1-8(17)12-13(18-3)11(15-16(12)2)9-4-6-10(14)7-5-9;1-21-31(20)36(30(18)19)39(37(32(22(2)3)23(4)5)33(24(6)7)25(8)9)38(34(26(10)11)27(12)13)35(28(14)15)29(16)17;1-18-27(19(2)3)31(26(16)17)33(30(24(12)13)25(14)15)32(28(20(4)5)21(6)7)29(22(8)9)23(10)11/h3-10H,1-2H3,(H,21,22);4-7H,1-3H3;21H,1-20H2;18H,1-17H2. The lowest BCUT2D eigenvalue weighted by Gasteiger charge is -2.55. The first-order chi connectivity index (χ1) is 52.4. The molecule has 5 aromatic rings. The largest absolute Gasteiger partial charge is 0.492 e. The molecule has 83 heteroatoms. The Bertz CT molecular complexity index is 3390. The number of carboxylic acids is 1. The van der Waals surface area contributed by atoms with Crippen molar-refractivity contribution in [2.24, 2.45) is 14.1 Å². The van der Waals surface area contributed by atoms with Crippen LogP contribution in [0.1, 0.15) is 27.9 Å². The highest BCUT2D eigenvalue weighted by Gasteiger charge is 2.56. The molecule has 0 spiro atoms. The number of halogens is 1. The van der Waals surface area contributed by atoms with Gasteiger partial charge in [-0.1, -0.05) is 74.3 Å². The van der Waals surface area contributed by atoms with E-state index in [1.807, 2.05) is 60.7 Å². The SMILES string of the molecule is COc1c(-c2ccc(-c3cccnc3)cc2)nn(C)c1C(=O)O.COc1c(-c2ccc(Br)cc2)nn(C)c1C(C)=O.PPP(P(P)P)P(P(P)P)P(P(P(P)P)P(P)P)P(P(P(P)P)P(P)P)P(P(P)P)P(P)P.PPP(P)P(P(P)P)P(P(P(P(P)P)P(P)P)P(P(P)P)P(P)P)P(P(P(P)P)P(P)P)P(P(P)P)P(P)P. The molecular formula is C30H104BrN5O5P72. The number of aromatic nitrogens is 5. The number of carbonyl (C=O) groups is 2. The van der Waals surface area contributed by atoms with Crippen molar-refractivity contribution in [3.05, 3.63) is 88.9 Å². The van der Waals surface area contributed by atoms with Crippen molar-refractivity contribution in [1.29, 1.82) is 0 Å². The summed E-state index contributed by atoms with van der Waals surface area (Å²) in [6, 6.07) is 19.2. The Labute approximate surface area is 811 Å². The van der Waals surface area contributed by atoms with Gasteiger partial charge in [0.1, 0.15) is 17.1 Å². The van der Waals surface area contributed by atoms with Gasteiger partial charge in [-0.05, 0) is 260 Å². The van der Waals surface area contributed by atoms with Crippen LogP contribution in [0.5, 0.6) is 11.5 Å². The Kier molecular flexibility index (Phi) is 87.0. The second kappa shape index (κ2) is 72.7. The van der Waals surface area contributed by atoms with E-state index in [0.29, 0.717) is 22.8 Å². The average molecular weight is 2930 g/mol. The summed E-state index contributed by atoms with van der Waals surface area (Å²) < 4.78 is 14.4. The molecule has 646 valence electrons. The van der Waals surface area contributed by atoms with Crippen molar-refractivity contribution < 1.29 is 24.2 Å². The first-order valence-electron chi connectivity index (χ1n) is 28.6. The van der Waals surface area contributed by atoms with Gasteiger partial charge in [-0.25, -0.2) is 4.79 Å². The molecule has 3 heterocycles. The number of Topliss-reactive ketones (excluding diaryl/α,β-unsaturated/α-hetero) is 1. The molecule has 0 aliphatic carbocycles. The topological polar surface area (TPSA) is 121 Å². The number of ether oxygens (including phenoxy) is 2. The number of hydrogen-bond donors (Lipinski definition) is 1. The molecule has 1 N–H and O–H groups in total. The molecular weight excluding hydrogens is 2820 g/mol. The second-order valence-electron chi connectivity index (χ2n) is 20.0. The summed E-state index contributed by atoms with van der Waals surface area (Å²) in [5.41, 5.74) is 5.43. The number of rotatable bonds is 40. The molecule has 113 heavy (non-hydrogen) atoms. The van der Waals surface area contributed by atoms with Gasteiger partial charge < -0.3 is 14.6 Å². The predicted octanol–water partition coefficient (Wildman–Crippen LogP) is 47.6. The van der Waals surface area contributed by atoms with Crippen LogP contribution in [-0.4, -0.2) is 55.6 Å². The minimum absolute atomic E-state index is 0.0163. The molecule has 0 radical (unpaired) electrons. The summed E-state index contributed by atoms with van der Waals surface area (Å²) in [4.78, 5) is 27.0. The minimum atomic E-state index is -1.07. The number of carbonyl (C=O) groups excluding carboxylic acids is 1. The van der Waals surface area contributed by atoms with Crippen LogP contribution >= 0.6 is 593 Å². The maximum atomic E-state index is 11.6. The first-order valence-corrected chi connectivity index (χ1v) is 160. The van der Waals surface area contributed by atoms with Crippen LogP contribution in [0.4, 0.5) is 0 Å². The van der Waals surface area contributed by atoms with E-state index in [1.54, 1.807) is 38.3 Å². The fourth-order valence-corrected chi connectivity index (χ4v) is 981. The highest BCUT2D eigenvalue weighted by molar-refractivity contribution is 9.49. The van der Waals surface area contributed by atoms with E-state index in [4.69, 9.17) is 9.47 Å². The molecule has 0 saturated carbocycles. The van der Waals surface area contributed by atoms with Crippen LogP contribution in [0, 0.1) is 0 Å². The Morgan fingerprint density at radius 1 is 0.363 bits per heavy atom. The Morgan fingerprint density at radius 2 is 0.628 bits per heavy atom. The third-order valence-corrected chi connectivity index (χ3v) is 497. The number of aromatic carboxylic acids is 1. The summed E-state index contributed by atoms with van der Waals surface area (Å²) in [5.74, 6) is -0.359. The molecule has 0 bridgehead atoms. The Hall–Kier alpha value is 26.2. The maximum Gasteiger partial charge on any atom is 0.358 e. The van der Waals surface area contributed by atoms with Gasteiger partial charge in [0, 0.05) is 49.0 Å². The van der Waals surface area contributed by atoms with Crippen molar-refractivity contribution in [2.45, 2.75) is 6.92 Å². The fraction of sp³-hybridized carbons (Fsp3) is 0.167. The number of hydrogen-bond acceptors (Lipinski definition) is 7. The number of methoxy groups -OCH3 is 2. The number of nitrogens with zero attached hydrogens (tertiary/aromatic N) is 5. The van der Waals surface area contributed by atoms with Crippen molar-refractivity contribution in [3.8, 4) is 45.1 Å². The van der Waals surface area contributed by atoms with Crippen LogP contribution < -0.4 is 9.47 Å². The summed E-state index contributed by atoms with van der Waals surface area (Å²) in [5, 5.41) is 17.9. The summed E-state index contributed by atoms with van der Waals surface area (Å²) in [6.45, 7) is -0.123.